The van der Waals surface area contributed by atoms with E-state index in [0.717, 1.165) is 10.9 Å². The lowest BCUT2D eigenvalue weighted by Gasteiger charge is -2.06. The Morgan fingerprint density at radius 1 is 1.35 bits per heavy atom. The largest absolute Gasteiger partial charge is 0.481 e. The number of benzene rings is 1. The zero-order valence-corrected chi connectivity index (χ0v) is 9.05. The zero-order chi connectivity index (χ0) is 12.3. The SMILES string of the molecule is NNc1nc(CCC(=O)O)nc2ccccc12. The number of aliphatic carboxylic acids is 1. The summed E-state index contributed by atoms with van der Waals surface area (Å²) in [5.41, 5.74) is 3.25. The van der Waals surface area contributed by atoms with E-state index in [0.29, 0.717) is 11.6 Å². The highest BCUT2D eigenvalue weighted by Gasteiger charge is 2.07. The van der Waals surface area contributed by atoms with Gasteiger partial charge in [0, 0.05) is 11.8 Å². The Morgan fingerprint density at radius 3 is 2.82 bits per heavy atom. The predicted molar refractivity (Wildman–Crippen MR) is 63.3 cm³/mol. The van der Waals surface area contributed by atoms with Crippen LogP contribution in [0.2, 0.25) is 0 Å². The lowest BCUT2D eigenvalue weighted by atomic mass is 10.2. The first-order valence-electron chi connectivity index (χ1n) is 5.15. The highest BCUT2D eigenvalue weighted by atomic mass is 16.4. The van der Waals surface area contributed by atoms with Crippen molar-refractivity contribution < 1.29 is 9.90 Å². The van der Waals surface area contributed by atoms with Gasteiger partial charge in [-0.25, -0.2) is 15.8 Å². The lowest BCUT2D eigenvalue weighted by molar-refractivity contribution is -0.137. The highest BCUT2D eigenvalue weighted by Crippen LogP contribution is 2.19. The molecule has 0 aliphatic rings. The third-order valence-corrected chi connectivity index (χ3v) is 2.35. The average Bonchev–Trinajstić information content (AvgIpc) is 2.35. The Labute approximate surface area is 97.5 Å². The van der Waals surface area contributed by atoms with Crippen LogP contribution >= 0.6 is 0 Å². The van der Waals surface area contributed by atoms with Crippen LogP contribution in [0.5, 0.6) is 0 Å². The number of aromatic nitrogens is 2. The summed E-state index contributed by atoms with van der Waals surface area (Å²) in [5.74, 6) is 5.49. The Bertz CT molecular complexity index is 556. The lowest BCUT2D eigenvalue weighted by Crippen LogP contribution is -2.11. The first-order valence-corrected chi connectivity index (χ1v) is 5.15. The molecule has 2 rings (SSSR count). The molecule has 0 aliphatic carbocycles. The normalized spacial score (nSPS) is 10.4. The molecule has 6 nitrogen and oxygen atoms in total. The van der Waals surface area contributed by atoms with Crippen molar-refractivity contribution >= 4 is 22.7 Å². The Kier molecular flexibility index (Phi) is 3.15. The quantitative estimate of drug-likeness (QED) is 0.535. The number of carboxylic acids is 1. The Morgan fingerprint density at radius 2 is 2.12 bits per heavy atom. The zero-order valence-electron chi connectivity index (χ0n) is 9.05. The minimum Gasteiger partial charge on any atom is -0.481 e. The van der Waals surface area contributed by atoms with Gasteiger partial charge in [-0.1, -0.05) is 12.1 Å². The summed E-state index contributed by atoms with van der Waals surface area (Å²) in [6.45, 7) is 0. The topological polar surface area (TPSA) is 101 Å². The van der Waals surface area contributed by atoms with Crippen LogP contribution in [0.3, 0.4) is 0 Å². The van der Waals surface area contributed by atoms with Gasteiger partial charge in [0.25, 0.3) is 0 Å². The number of hydrogen-bond donors (Lipinski definition) is 3. The number of fused-ring (bicyclic) bond motifs is 1. The molecule has 0 fully saturated rings. The molecule has 17 heavy (non-hydrogen) atoms. The average molecular weight is 232 g/mol. The van der Waals surface area contributed by atoms with E-state index in [1.54, 1.807) is 0 Å². The van der Waals surface area contributed by atoms with E-state index in [1.807, 2.05) is 24.3 Å². The molecule has 0 amide bonds. The van der Waals surface area contributed by atoms with Crippen LogP contribution in [0.1, 0.15) is 12.2 Å². The Balaban J connectivity index is 2.41. The third kappa shape index (κ3) is 2.48. The molecule has 0 radical (unpaired) electrons. The van der Waals surface area contributed by atoms with Gasteiger partial charge >= 0.3 is 5.97 Å². The molecule has 0 atom stereocenters. The molecule has 2 aromatic rings. The molecular weight excluding hydrogens is 220 g/mol. The molecule has 0 saturated heterocycles. The minimum absolute atomic E-state index is 0.00233. The molecular formula is C11H12N4O2. The van der Waals surface area contributed by atoms with Crippen molar-refractivity contribution in [3.05, 3.63) is 30.1 Å². The molecule has 88 valence electrons. The molecule has 1 aromatic carbocycles. The van der Waals surface area contributed by atoms with E-state index in [9.17, 15) is 4.79 Å². The number of carbonyl (C=O) groups is 1. The summed E-state index contributed by atoms with van der Waals surface area (Å²) in [4.78, 5) is 19.0. The Hall–Kier alpha value is -2.21. The second-order valence-corrected chi connectivity index (χ2v) is 3.54. The van der Waals surface area contributed by atoms with Gasteiger partial charge in [0.15, 0.2) is 5.82 Å². The number of hydrazine groups is 1. The van der Waals surface area contributed by atoms with Gasteiger partial charge in [-0.05, 0) is 12.1 Å². The van der Waals surface area contributed by atoms with Crippen LogP contribution in [-0.2, 0) is 11.2 Å². The second kappa shape index (κ2) is 4.75. The summed E-state index contributed by atoms with van der Waals surface area (Å²) in [5, 5.41) is 9.43. The van der Waals surface area contributed by atoms with Crippen molar-refractivity contribution in [1.82, 2.24) is 9.97 Å². The van der Waals surface area contributed by atoms with E-state index in [4.69, 9.17) is 10.9 Å². The maximum Gasteiger partial charge on any atom is 0.303 e. The molecule has 0 saturated carbocycles. The molecule has 1 aromatic heterocycles. The highest BCUT2D eigenvalue weighted by molar-refractivity contribution is 5.88. The van der Waals surface area contributed by atoms with Crippen LogP contribution in [0.25, 0.3) is 10.9 Å². The van der Waals surface area contributed by atoms with Crippen molar-refractivity contribution in [3.8, 4) is 0 Å². The van der Waals surface area contributed by atoms with Crippen molar-refractivity contribution in [3.63, 3.8) is 0 Å². The fourth-order valence-corrected chi connectivity index (χ4v) is 1.57. The fourth-order valence-electron chi connectivity index (χ4n) is 1.57. The summed E-state index contributed by atoms with van der Waals surface area (Å²) < 4.78 is 0. The number of rotatable bonds is 4. The van der Waals surface area contributed by atoms with Gasteiger partial charge in [0.05, 0.1) is 11.9 Å². The van der Waals surface area contributed by atoms with Crippen LogP contribution in [0.4, 0.5) is 5.82 Å². The van der Waals surface area contributed by atoms with Crippen molar-refractivity contribution in [2.75, 3.05) is 5.43 Å². The predicted octanol–water partition coefficient (Wildman–Crippen LogP) is 0.933. The summed E-state index contributed by atoms with van der Waals surface area (Å²) in [7, 11) is 0. The number of para-hydroxylation sites is 1. The monoisotopic (exact) mass is 232 g/mol. The second-order valence-electron chi connectivity index (χ2n) is 3.54. The van der Waals surface area contributed by atoms with Crippen molar-refractivity contribution in [2.24, 2.45) is 5.84 Å². The molecule has 6 heteroatoms. The van der Waals surface area contributed by atoms with Crippen LogP contribution in [0, 0.1) is 0 Å². The van der Waals surface area contributed by atoms with E-state index in [1.165, 1.54) is 0 Å². The van der Waals surface area contributed by atoms with Gasteiger partial charge < -0.3 is 10.5 Å². The number of nitrogens with zero attached hydrogens (tertiary/aromatic N) is 2. The molecule has 0 aliphatic heterocycles. The summed E-state index contributed by atoms with van der Waals surface area (Å²) >= 11 is 0. The molecule has 1 heterocycles. The van der Waals surface area contributed by atoms with Crippen molar-refractivity contribution in [1.29, 1.82) is 0 Å². The number of hydrogen-bond acceptors (Lipinski definition) is 5. The van der Waals surface area contributed by atoms with Crippen LogP contribution < -0.4 is 11.3 Å². The van der Waals surface area contributed by atoms with Crippen LogP contribution in [-0.4, -0.2) is 21.0 Å². The fraction of sp³-hybridized carbons (Fsp3) is 0.182. The maximum absolute atomic E-state index is 10.5. The van der Waals surface area contributed by atoms with E-state index < -0.39 is 5.97 Å². The van der Waals surface area contributed by atoms with Gasteiger partial charge in [-0.15, -0.1) is 0 Å². The first-order chi connectivity index (χ1) is 8.20. The number of anilines is 1. The van der Waals surface area contributed by atoms with Gasteiger partial charge in [-0.3, -0.25) is 4.79 Å². The summed E-state index contributed by atoms with van der Waals surface area (Å²) in [6, 6.07) is 7.41. The number of nitrogens with one attached hydrogen (secondary N) is 1. The number of aryl methyl sites for hydroxylation is 1. The van der Waals surface area contributed by atoms with Crippen LogP contribution in [0.15, 0.2) is 24.3 Å². The van der Waals surface area contributed by atoms with Gasteiger partial charge in [0.1, 0.15) is 5.82 Å². The number of carboxylic acid groups (broad SMARTS) is 1. The summed E-state index contributed by atoms with van der Waals surface area (Å²) in [6.07, 6.45) is 0.289. The third-order valence-electron chi connectivity index (χ3n) is 2.35. The minimum atomic E-state index is -0.871. The van der Waals surface area contributed by atoms with Crippen molar-refractivity contribution in [2.45, 2.75) is 12.8 Å². The van der Waals surface area contributed by atoms with Gasteiger partial charge in [-0.2, -0.15) is 0 Å². The molecule has 0 spiro atoms. The molecule has 4 N–H and O–H groups in total. The number of nitrogens with two attached hydrogens (primary N) is 1. The molecule has 0 bridgehead atoms. The number of nitrogen functional groups attached to an aromatic ring is 1. The van der Waals surface area contributed by atoms with E-state index >= 15 is 0 Å². The first kappa shape index (κ1) is 11.3. The smallest absolute Gasteiger partial charge is 0.303 e. The van der Waals surface area contributed by atoms with Gasteiger partial charge in [0.2, 0.25) is 0 Å². The van der Waals surface area contributed by atoms with E-state index in [2.05, 4.69) is 15.4 Å². The maximum atomic E-state index is 10.5. The van der Waals surface area contributed by atoms with E-state index in [-0.39, 0.29) is 12.8 Å². The molecule has 0 unspecified atom stereocenters. The standard InChI is InChI=1S/C11H12N4O2/c12-15-11-7-3-1-2-4-8(7)13-9(14-11)5-6-10(16)17/h1-4H,5-6,12H2,(H,16,17)(H,13,14,15).